The molecule has 1 atom stereocenters. The first kappa shape index (κ1) is 30.2. The molecule has 0 saturated heterocycles. The van der Waals surface area contributed by atoms with Gasteiger partial charge in [0.1, 0.15) is 17.7 Å². The minimum Gasteiger partial charge on any atom is -0.480 e. The number of hydrogen-bond acceptors (Lipinski definition) is 5. The van der Waals surface area contributed by atoms with Crippen molar-refractivity contribution in [1.82, 2.24) is 14.5 Å². The van der Waals surface area contributed by atoms with Crippen molar-refractivity contribution in [2.24, 2.45) is 0 Å². The predicted molar refractivity (Wildman–Crippen MR) is 157 cm³/mol. The predicted octanol–water partition coefficient (Wildman–Crippen LogP) is 6.50. The van der Waals surface area contributed by atoms with Gasteiger partial charge in [-0.3, -0.25) is 19.0 Å². The van der Waals surface area contributed by atoms with Gasteiger partial charge in [-0.25, -0.2) is 4.98 Å². The van der Waals surface area contributed by atoms with Gasteiger partial charge in [-0.15, -0.1) is 11.8 Å². The molecule has 8 heteroatoms. The lowest BCUT2D eigenvalue weighted by Crippen LogP contribution is -2.39. The number of carboxylic acid groups (broad SMARTS) is 1. The topological polar surface area (TPSA) is 92.5 Å². The van der Waals surface area contributed by atoms with Crippen LogP contribution in [0.3, 0.4) is 0 Å². The number of carbonyl (C=O) groups is 2. The standard InChI is InChI=1S/C31H39N3O4S/c1-4-7-8-9-13-20-33(30(36)24-16-18-25(19-17-24)39-27(5-2)31(37)38)22-34-28(6-3)32-26(21-29(34)35)23-14-11-10-12-15-23/h10-12,14-19,21,27H,4-9,13,20,22H2,1-3H3,(H,37,38). The number of rotatable bonds is 15. The van der Waals surface area contributed by atoms with Gasteiger partial charge in [0.05, 0.1) is 5.69 Å². The van der Waals surface area contributed by atoms with Crippen molar-refractivity contribution in [2.45, 2.75) is 82.5 Å². The van der Waals surface area contributed by atoms with Crippen LogP contribution >= 0.6 is 11.8 Å². The molecule has 7 nitrogen and oxygen atoms in total. The molecule has 39 heavy (non-hydrogen) atoms. The minimum atomic E-state index is -0.846. The van der Waals surface area contributed by atoms with Crippen molar-refractivity contribution in [3.63, 3.8) is 0 Å². The summed E-state index contributed by atoms with van der Waals surface area (Å²) in [4.78, 5) is 45.6. The average molecular weight is 550 g/mol. The van der Waals surface area contributed by atoms with Crippen LogP contribution in [0.1, 0.15) is 75.5 Å². The summed E-state index contributed by atoms with van der Waals surface area (Å²) in [5.41, 5.74) is 1.84. The van der Waals surface area contributed by atoms with Crippen molar-refractivity contribution in [3.8, 4) is 11.3 Å². The van der Waals surface area contributed by atoms with Gasteiger partial charge in [0, 0.05) is 35.1 Å². The number of carboxylic acids is 1. The Labute approximate surface area is 235 Å². The molecule has 1 heterocycles. The van der Waals surface area contributed by atoms with Crippen LogP contribution in [-0.4, -0.2) is 43.2 Å². The van der Waals surface area contributed by atoms with E-state index in [1.54, 1.807) is 33.7 Å². The first-order valence-corrected chi connectivity index (χ1v) is 14.7. The van der Waals surface area contributed by atoms with E-state index in [4.69, 9.17) is 4.98 Å². The largest absolute Gasteiger partial charge is 0.480 e. The lowest BCUT2D eigenvalue weighted by molar-refractivity contribution is -0.136. The van der Waals surface area contributed by atoms with E-state index >= 15 is 0 Å². The first-order chi connectivity index (χ1) is 18.9. The number of nitrogens with zero attached hydrogens (tertiary/aromatic N) is 3. The van der Waals surface area contributed by atoms with Gasteiger partial charge in [0.2, 0.25) is 0 Å². The highest BCUT2D eigenvalue weighted by atomic mass is 32.2. The molecule has 1 unspecified atom stereocenters. The molecule has 0 fully saturated rings. The molecule has 1 N–H and O–H groups in total. The maximum absolute atomic E-state index is 13.7. The Morgan fingerprint density at radius 2 is 1.67 bits per heavy atom. The number of thioether (sulfide) groups is 1. The summed E-state index contributed by atoms with van der Waals surface area (Å²) in [5, 5.41) is 8.83. The van der Waals surface area contributed by atoms with Crippen LogP contribution < -0.4 is 5.56 Å². The number of unbranched alkanes of at least 4 members (excludes halogenated alkanes) is 4. The van der Waals surface area contributed by atoms with E-state index in [9.17, 15) is 19.5 Å². The van der Waals surface area contributed by atoms with Crippen molar-refractivity contribution in [2.75, 3.05) is 6.54 Å². The van der Waals surface area contributed by atoms with E-state index in [0.717, 1.165) is 42.6 Å². The fourth-order valence-electron chi connectivity index (χ4n) is 4.38. The molecule has 0 spiro atoms. The van der Waals surface area contributed by atoms with Gasteiger partial charge in [0.15, 0.2) is 0 Å². The lowest BCUT2D eigenvalue weighted by atomic mass is 10.1. The average Bonchev–Trinajstić information content (AvgIpc) is 2.96. The third-order valence-electron chi connectivity index (χ3n) is 6.63. The molecule has 2 aromatic carbocycles. The molecule has 0 radical (unpaired) electrons. The van der Waals surface area contributed by atoms with Crippen LogP contribution in [0.5, 0.6) is 0 Å². The van der Waals surface area contributed by atoms with Crippen LogP contribution in [0.4, 0.5) is 0 Å². The van der Waals surface area contributed by atoms with E-state index in [1.807, 2.05) is 44.2 Å². The second-order valence-electron chi connectivity index (χ2n) is 9.55. The summed E-state index contributed by atoms with van der Waals surface area (Å²) in [7, 11) is 0. The fourth-order valence-corrected chi connectivity index (χ4v) is 5.27. The number of amides is 1. The second kappa shape index (κ2) is 15.3. The summed E-state index contributed by atoms with van der Waals surface area (Å²) >= 11 is 1.28. The molecule has 0 saturated carbocycles. The number of hydrogen-bond donors (Lipinski definition) is 1. The van der Waals surface area contributed by atoms with Gasteiger partial charge >= 0.3 is 5.97 Å². The van der Waals surface area contributed by atoms with Crippen LogP contribution in [-0.2, 0) is 17.9 Å². The zero-order valence-electron chi connectivity index (χ0n) is 23.1. The van der Waals surface area contributed by atoms with Gasteiger partial charge in [-0.05, 0) is 37.1 Å². The van der Waals surface area contributed by atoms with Crippen molar-refractivity contribution in [1.29, 1.82) is 0 Å². The highest BCUT2D eigenvalue weighted by Gasteiger charge is 2.20. The molecule has 0 aliphatic heterocycles. The lowest BCUT2D eigenvalue weighted by Gasteiger charge is -2.25. The Morgan fingerprint density at radius 1 is 0.974 bits per heavy atom. The Bertz CT molecular complexity index is 1280. The molecule has 3 rings (SSSR count). The second-order valence-corrected chi connectivity index (χ2v) is 10.8. The summed E-state index contributed by atoms with van der Waals surface area (Å²) in [6.45, 7) is 6.63. The third-order valence-corrected chi connectivity index (χ3v) is 7.99. The Kier molecular flexibility index (Phi) is 11.8. The van der Waals surface area contributed by atoms with Crippen LogP contribution in [0, 0.1) is 0 Å². The minimum absolute atomic E-state index is 0.129. The van der Waals surface area contributed by atoms with Gasteiger partial charge in [0.25, 0.3) is 11.5 Å². The molecular formula is C31H39N3O4S. The monoisotopic (exact) mass is 549 g/mol. The molecule has 3 aromatic rings. The van der Waals surface area contributed by atoms with E-state index in [2.05, 4.69) is 6.92 Å². The highest BCUT2D eigenvalue weighted by molar-refractivity contribution is 8.00. The first-order valence-electron chi connectivity index (χ1n) is 13.8. The molecule has 0 aliphatic rings. The van der Waals surface area contributed by atoms with E-state index in [1.165, 1.54) is 17.8 Å². The number of aryl methyl sites for hydroxylation is 1. The Morgan fingerprint density at radius 3 is 2.28 bits per heavy atom. The zero-order chi connectivity index (χ0) is 28.2. The van der Waals surface area contributed by atoms with Crippen molar-refractivity contribution in [3.05, 3.63) is 82.4 Å². The third kappa shape index (κ3) is 8.55. The number of benzene rings is 2. The number of carbonyl (C=O) groups excluding carboxylic acids is 1. The number of aliphatic carboxylic acids is 1. The zero-order valence-corrected chi connectivity index (χ0v) is 24.0. The maximum Gasteiger partial charge on any atom is 0.316 e. The fraction of sp³-hybridized carbons (Fsp3) is 0.419. The van der Waals surface area contributed by atoms with Gasteiger partial charge in [-0.1, -0.05) is 76.8 Å². The van der Waals surface area contributed by atoms with Crippen molar-refractivity contribution >= 4 is 23.6 Å². The quantitative estimate of drug-likeness (QED) is 0.172. The summed E-state index contributed by atoms with van der Waals surface area (Å²) < 4.78 is 1.60. The summed E-state index contributed by atoms with van der Waals surface area (Å²) in [5.74, 6) is -0.370. The normalized spacial score (nSPS) is 11.8. The maximum atomic E-state index is 13.7. The smallest absolute Gasteiger partial charge is 0.316 e. The molecule has 1 amide bonds. The highest BCUT2D eigenvalue weighted by Crippen LogP contribution is 2.26. The molecule has 0 bridgehead atoms. The molecular weight excluding hydrogens is 510 g/mol. The Balaban J connectivity index is 1.85. The van der Waals surface area contributed by atoms with Crippen LogP contribution in [0.2, 0.25) is 0 Å². The van der Waals surface area contributed by atoms with E-state index in [-0.39, 0.29) is 18.1 Å². The van der Waals surface area contributed by atoms with Gasteiger partial charge < -0.3 is 10.0 Å². The summed E-state index contributed by atoms with van der Waals surface area (Å²) in [6.07, 6.45) is 6.35. The van der Waals surface area contributed by atoms with E-state index in [0.29, 0.717) is 36.5 Å². The van der Waals surface area contributed by atoms with Gasteiger partial charge in [-0.2, -0.15) is 0 Å². The van der Waals surface area contributed by atoms with Crippen molar-refractivity contribution < 1.29 is 14.7 Å². The summed E-state index contributed by atoms with van der Waals surface area (Å²) in [6, 6.07) is 18.2. The SMILES string of the molecule is CCCCCCCN(Cn1c(CC)nc(-c2ccccc2)cc1=O)C(=O)c1ccc(SC(CC)C(=O)O)cc1. The molecule has 1 aromatic heterocycles. The number of aromatic nitrogens is 2. The van der Waals surface area contributed by atoms with Crippen LogP contribution in [0.15, 0.2) is 70.4 Å². The molecule has 0 aliphatic carbocycles. The molecule has 208 valence electrons. The van der Waals surface area contributed by atoms with E-state index < -0.39 is 11.2 Å². The Hall–Kier alpha value is -3.39. The van der Waals surface area contributed by atoms with Crippen LogP contribution in [0.25, 0.3) is 11.3 Å².